The molecule has 2 heterocycles. The molecule has 0 aromatic carbocycles. The van der Waals surface area contributed by atoms with E-state index in [4.69, 9.17) is 11.6 Å². The first-order valence-corrected chi connectivity index (χ1v) is 5.50. The zero-order chi connectivity index (χ0) is 11.7. The summed E-state index contributed by atoms with van der Waals surface area (Å²) in [6.45, 7) is 1.38. The highest BCUT2D eigenvalue weighted by molar-refractivity contribution is 9.10. The lowest BCUT2D eigenvalue weighted by molar-refractivity contribution is -0.114. The Morgan fingerprint density at radius 1 is 1.50 bits per heavy atom. The molecule has 5 nitrogen and oxygen atoms in total. The van der Waals surface area contributed by atoms with Gasteiger partial charge in [-0.2, -0.15) is 4.98 Å². The van der Waals surface area contributed by atoms with E-state index in [-0.39, 0.29) is 17.0 Å². The molecule has 0 spiro atoms. The molecule has 0 saturated heterocycles. The molecule has 0 radical (unpaired) electrons. The van der Waals surface area contributed by atoms with Gasteiger partial charge in [0.1, 0.15) is 5.52 Å². The number of carbonyl (C=O) groups excluding carboxylic acids is 1. The number of hydrogen-bond donors (Lipinski definition) is 1. The average Bonchev–Trinajstić information content (AvgIpc) is 2.15. The number of halogens is 2. The summed E-state index contributed by atoms with van der Waals surface area (Å²) in [6, 6.07) is 1.75. The maximum Gasteiger partial charge on any atom is 0.231 e. The quantitative estimate of drug-likeness (QED) is 0.821. The van der Waals surface area contributed by atoms with Gasteiger partial charge >= 0.3 is 0 Å². The van der Waals surface area contributed by atoms with E-state index in [1.54, 1.807) is 12.3 Å². The molecule has 0 aliphatic carbocycles. The van der Waals surface area contributed by atoms with Crippen LogP contribution in [-0.2, 0) is 4.79 Å². The summed E-state index contributed by atoms with van der Waals surface area (Å²) < 4.78 is 0.781. The third-order valence-corrected chi connectivity index (χ3v) is 2.45. The van der Waals surface area contributed by atoms with E-state index in [2.05, 4.69) is 36.2 Å². The molecule has 0 bridgehead atoms. The van der Waals surface area contributed by atoms with Gasteiger partial charge in [-0.1, -0.05) is 11.6 Å². The molecule has 0 fully saturated rings. The lowest BCUT2D eigenvalue weighted by Crippen LogP contribution is -2.09. The molecular formula is C9H6BrClN4O. The molecule has 7 heteroatoms. The van der Waals surface area contributed by atoms with Crippen LogP contribution >= 0.6 is 27.5 Å². The van der Waals surface area contributed by atoms with E-state index in [0.717, 1.165) is 4.47 Å². The fraction of sp³-hybridized carbons (Fsp3) is 0.111. The highest BCUT2D eigenvalue weighted by atomic mass is 79.9. The van der Waals surface area contributed by atoms with Crippen LogP contribution in [0.4, 0.5) is 5.95 Å². The molecule has 2 rings (SSSR count). The molecule has 2 aromatic rings. The smallest absolute Gasteiger partial charge is 0.231 e. The predicted molar refractivity (Wildman–Crippen MR) is 64.3 cm³/mol. The van der Waals surface area contributed by atoms with Crippen LogP contribution in [0.15, 0.2) is 16.7 Å². The number of pyridine rings is 1. The standard InChI is InChI=1S/C9H6BrClN4O/c1-4(16)13-9-14-6-2-5(10)3-12-7(6)8(11)15-9/h2-3H,1H3,(H,13,14,15,16). The van der Waals surface area contributed by atoms with Crippen molar-refractivity contribution in [3.63, 3.8) is 0 Å². The number of nitrogens with one attached hydrogen (secondary N) is 1. The first-order valence-electron chi connectivity index (χ1n) is 4.32. The summed E-state index contributed by atoms with van der Waals surface area (Å²) >= 11 is 9.20. The molecule has 1 amide bonds. The number of fused-ring (bicyclic) bond motifs is 1. The molecule has 1 N–H and O–H groups in total. The predicted octanol–water partition coefficient (Wildman–Crippen LogP) is 2.40. The number of aromatic nitrogens is 3. The monoisotopic (exact) mass is 300 g/mol. The number of carbonyl (C=O) groups is 1. The molecule has 16 heavy (non-hydrogen) atoms. The van der Waals surface area contributed by atoms with E-state index >= 15 is 0 Å². The first kappa shape index (κ1) is 11.2. The van der Waals surface area contributed by atoms with E-state index < -0.39 is 0 Å². The van der Waals surface area contributed by atoms with Crippen LogP contribution < -0.4 is 5.32 Å². The second-order valence-electron chi connectivity index (χ2n) is 3.04. The highest BCUT2D eigenvalue weighted by Gasteiger charge is 2.08. The van der Waals surface area contributed by atoms with Crippen molar-refractivity contribution in [3.05, 3.63) is 21.9 Å². The van der Waals surface area contributed by atoms with Gasteiger partial charge in [0.25, 0.3) is 0 Å². The Morgan fingerprint density at radius 2 is 2.25 bits per heavy atom. The van der Waals surface area contributed by atoms with Crippen LogP contribution in [0.1, 0.15) is 6.92 Å². The second kappa shape index (κ2) is 4.31. The number of anilines is 1. The van der Waals surface area contributed by atoms with Gasteiger partial charge in [-0.15, -0.1) is 0 Å². The molecule has 2 aromatic heterocycles. The van der Waals surface area contributed by atoms with Gasteiger partial charge in [-0.3, -0.25) is 15.1 Å². The summed E-state index contributed by atoms with van der Waals surface area (Å²) in [5.74, 6) is -0.0803. The third kappa shape index (κ3) is 2.28. The zero-order valence-corrected chi connectivity index (χ0v) is 10.5. The summed E-state index contributed by atoms with van der Waals surface area (Å²) in [7, 11) is 0. The summed E-state index contributed by atoms with van der Waals surface area (Å²) in [4.78, 5) is 23.0. The van der Waals surface area contributed by atoms with Gasteiger partial charge in [0.05, 0.1) is 5.52 Å². The lowest BCUT2D eigenvalue weighted by atomic mass is 10.4. The maximum atomic E-state index is 10.9. The van der Waals surface area contributed by atoms with Crippen molar-refractivity contribution < 1.29 is 4.79 Å². The maximum absolute atomic E-state index is 10.9. The molecule has 0 saturated carbocycles. The number of nitrogens with zero attached hydrogens (tertiary/aromatic N) is 3. The normalized spacial score (nSPS) is 10.4. The van der Waals surface area contributed by atoms with Gasteiger partial charge in [-0.05, 0) is 22.0 Å². The molecule has 0 aliphatic rings. The van der Waals surface area contributed by atoms with Crippen LogP contribution in [-0.4, -0.2) is 20.9 Å². The first-order chi connectivity index (χ1) is 7.56. The molecular weight excluding hydrogens is 295 g/mol. The minimum absolute atomic E-state index is 0.171. The van der Waals surface area contributed by atoms with Crippen molar-refractivity contribution in [2.75, 3.05) is 5.32 Å². The Morgan fingerprint density at radius 3 is 2.94 bits per heavy atom. The lowest BCUT2D eigenvalue weighted by Gasteiger charge is -2.03. The van der Waals surface area contributed by atoms with Crippen molar-refractivity contribution in [1.82, 2.24) is 15.0 Å². The Labute approximate surface area is 104 Å². The summed E-state index contributed by atoms with van der Waals surface area (Å²) in [5, 5.41) is 2.68. The number of rotatable bonds is 1. The SMILES string of the molecule is CC(=O)Nc1nc(Cl)c2ncc(Br)cc2n1. The topological polar surface area (TPSA) is 67.8 Å². The highest BCUT2D eigenvalue weighted by Crippen LogP contribution is 2.22. The summed E-state index contributed by atoms with van der Waals surface area (Å²) in [6.07, 6.45) is 1.61. The van der Waals surface area contributed by atoms with E-state index in [1.165, 1.54) is 6.92 Å². The van der Waals surface area contributed by atoms with E-state index in [0.29, 0.717) is 11.0 Å². The number of amides is 1. The Kier molecular flexibility index (Phi) is 3.02. The summed E-state index contributed by atoms with van der Waals surface area (Å²) in [5.41, 5.74) is 1.07. The van der Waals surface area contributed by atoms with Crippen LogP contribution in [0.25, 0.3) is 11.0 Å². The van der Waals surface area contributed by atoms with Crippen molar-refractivity contribution >= 4 is 50.4 Å². The average molecular weight is 302 g/mol. The van der Waals surface area contributed by atoms with Gasteiger partial charge in [-0.25, -0.2) is 4.98 Å². The van der Waals surface area contributed by atoms with Crippen LogP contribution in [0.3, 0.4) is 0 Å². The van der Waals surface area contributed by atoms with Crippen LogP contribution in [0.2, 0.25) is 5.15 Å². The van der Waals surface area contributed by atoms with Gasteiger partial charge < -0.3 is 0 Å². The van der Waals surface area contributed by atoms with Gasteiger partial charge in [0.15, 0.2) is 5.15 Å². The zero-order valence-electron chi connectivity index (χ0n) is 8.16. The van der Waals surface area contributed by atoms with Crippen molar-refractivity contribution in [3.8, 4) is 0 Å². The van der Waals surface area contributed by atoms with E-state index in [1.807, 2.05) is 0 Å². The number of hydrogen-bond acceptors (Lipinski definition) is 4. The largest absolute Gasteiger partial charge is 0.295 e. The Bertz CT molecular complexity index is 575. The molecule has 0 unspecified atom stereocenters. The van der Waals surface area contributed by atoms with Crippen LogP contribution in [0, 0.1) is 0 Å². The van der Waals surface area contributed by atoms with Crippen LogP contribution in [0.5, 0.6) is 0 Å². The van der Waals surface area contributed by atoms with Crippen molar-refractivity contribution in [2.45, 2.75) is 6.92 Å². The second-order valence-corrected chi connectivity index (χ2v) is 4.31. The Hall–Kier alpha value is -1.27. The fourth-order valence-electron chi connectivity index (χ4n) is 1.17. The van der Waals surface area contributed by atoms with Crippen molar-refractivity contribution in [2.24, 2.45) is 0 Å². The minimum Gasteiger partial charge on any atom is -0.295 e. The third-order valence-electron chi connectivity index (χ3n) is 1.75. The Balaban J connectivity index is 2.60. The molecule has 0 atom stereocenters. The molecule has 0 aliphatic heterocycles. The van der Waals surface area contributed by atoms with Gasteiger partial charge in [0.2, 0.25) is 11.9 Å². The van der Waals surface area contributed by atoms with E-state index in [9.17, 15) is 4.79 Å². The van der Waals surface area contributed by atoms with Gasteiger partial charge in [0, 0.05) is 17.6 Å². The fourth-order valence-corrected chi connectivity index (χ4v) is 1.72. The van der Waals surface area contributed by atoms with Crippen molar-refractivity contribution in [1.29, 1.82) is 0 Å². The molecule has 82 valence electrons. The minimum atomic E-state index is -0.252.